The lowest BCUT2D eigenvalue weighted by atomic mass is 10.1. The van der Waals surface area contributed by atoms with Crippen molar-refractivity contribution in [3.8, 4) is 5.75 Å². The van der Waals surface area contributed by atoms with Crippen LogP contribution in [0.4, 0.5) is 0 Å². The third-order valence-corrected chi connectivity index (χ3v) is 2.67. The summed E-state index contributed by atoms with van der Waals surface area (Å²) in [5, 5.41) is 16.3. The fraction of sp³-hybridized carbons (Fsp3) is 0.333. The zero-order chi connectivity index (χ0) is 13.7. The van der Waals surface area contributed by atoms with Crippen molar-refractivity contribution in [3.05, 3.63) is 35.7 Å². The van der Waals surface area contributed by atoms with E-state index < -0.39 is 0 Å². The number of hydrogen-bond acceptors (Lipinski definition) is 5. The zero-order valence-electron chi connectivity index (χ0n) is 10.8. The Morgan fingerprint density at radius 1 is 1.47 bits per heavy atom. The SMILES string of the molecule is COc1ccccc1CC(=O)NC(C)c1nn[nH]n1. The average molecular weight is 261 g/mol. The first-order valence-corrected chi connectivity index (χ1v) is 5.85. The van der Waals surface area contributed by atoms with Crippen molar-refractivity contribution >= 4 is 5.91 Å². The molecule has 0 aliphatic carbocycles. The first kappa shape index (κ1) is 13.0. The van der Waals surface area contributed by atoms with Gasteiger partial charge in [-0.25, -0.2) is 0 Å². The molecule has 1 aromatic carbocycles. The molecule has 0 fully saturated rings. The minimum atomic E-state index is -0.291. The summed E-state index contributed by atoms with van der Waals surface area (Å²) in [5.74, 6) is 1.03. The average Bonchev–Trinajstić information content (AvgIpc) is 2.93. The highest BCUT2D eigenvalue weighted by Crippen LogP contribution is 2.18. The van der Waals surface area contributed by atoms with Gasteiger partial charge in [0.2, 0.25) is 5.91 Å². The minimum absolute atomic E-state index is 0.123. The number of ether oxygens (including phenoxy) is 1. The summed E-state index contributed by atoms with van der Waals surface area (Å²) < 4.78 is 5.20. The maximum absolute atomic E-state index is 11.9. The van der Waals surface area contributed by atoms with Gasteiger partial charge in [-0.2, -0.15) is 5.21 Å². The number of aromatic amines is 1. The topological polar surface area (TPSA) is 92.8 Å². The van der Waals surface area contributed by atoms with E-state index in [1.807, 2.05) is 24.3 Å². The first-order chi connectivity index (χ1) is 9.20. The van der Waals surface area contributed by atoms with Crippen LogP contribution < -0.4 is 10.1 Å². The number of rotatable bonds is 5. The summed E-state index contributed by atoms with van der Waals surface area (Å²) in [4.78, 5) is 11.9. The zero-order valence-corrected chi connectivity index (χ0v) is 10.8. The van der Waals surface area contributed by atoms with E-state index in [1.54, 1.807) is 14.0 Å². The number of methoxy groups -OCH3 is 1. The highest BCUT2D eigenvalue weighted by Gasteiger charge is 2.14. The number of aromatic nitrogens is 4. The molecule has 1 heterocycles. The Labute approximate surface area is 110 Å². The third-order valence-electron chi connectivity index (χ3n) is 2.67. The van der Waals surface area contributed by atoms with Crippen LogP contribution in [0.1, 0.15) is 24.4 Å². The van der Waals surface area contributed by atoms with Crippen LogP contribution in [0, 0.1) is 0 Å². The molecule has 2 N–H and O–H groups in total. The summed E-state index contributed by atoms with van der Waals surface area (Å²) in [6.07, 6.45) is 0.242. The van der Waals surface area contributed by atoms with E-state index in [1.165, 1.54) is 0 Å². The molecule has 100 valence electrons. The normalized spacial score (nSPS) is 11.9. The molecule has 0 saturated heterocycles. The summed E-state index contributed by atoms with van der Waals surface area (Å²) in [5.41, 5.74) is 0.836. The number of nitrogens with zero attached hydrogens (tertiary/aromatic N) is 3. The number of H-pyrrole nitrogens is 1. The van der Waals surface area contributed by atoms with Gasteiger partial charge in [-0.15, -0.1) is 10.2 Å². The van der Waals surface area contributed by atoms with E-state index in [0.29, 0.717) is 11.6 Å². The number of carbonyl (C=O) groups excluding carboxylic acids is 1. The van der Waals surface area contributed by atoms with Crippen molar-refractivity contribution in [2.24, 2.45) is 0 Å². The second kappa shape index (κ2) is 5.94. The highest BCUT2D eigenvalue weighted by atomic mass is 16.5. The molecule has 2 rings (SSSR count). The van der Waals surface area contributed by atoms with Gasteiger partial charge < -0.3 is 10.1 Å². The van der Waals surface area contributed by atoms with Crippen molar-refractivity contribution in [1.82, 2.24) is 25.9 Å². The molecule has 2 aromatic rings. The molecule has 1 aromatic heterocycles. The largest absolute Gasteiger partial charge is 0.496 e. The number of benzene rings is 1. The molecule has 7 nitrogen and oxygen atoms in total. The van der Waals surface area contributed by atoms with Crippen molar-refractivity contribution in [1.29, 1.82) is 0 Å². The quantitative estimate of drug-likeness (QED) is 0.823. The Hall–Kier alpha value is -2.44. The van der Waals surface area contributed by atoms with Crippen molar-refractivity contribution < 1.29 is 9.53 Å². The predicted molar refractivity (Wildman–Crippen MR) is 67.4 cm³/mol. The number of hydrogen-bond donors (Lipinski definition) is 2. The Morgan fingerprint density at radius 2 is 2.26 bits per heavy atom. The molecule has 1 atom stereocenters. The molecule has 19 heavy (non-hydrogen) atoms. The monoisotopic (exact) mass is 261 g/mol. The molecule has 1 amide bonds. The number of para-hydroxylation sites is 1. The van der Waals surface area contributed by atoms with Crippen LogP contribution in [0.2, 0.25) is 0 Å². The Morgan fingerprint density at radius 3 is 2.95 bits per heavy atom. The van der Waals surface area contributed by atoms with Crippen LogP contribution in [-0.2, 0) is 11.2 Å². The van der Waals surface area contributed by atoms with E-state index in [0.717, 1.165) is 5.56 Å². The molecule has 7 heteroatoms. The first-order valence-electron chi connectivity index (χ1n) is 5.85. The molecule has 0 aliphatic heterocycles. The van der Waals surface area contributed by atoms with Gasteiger partial charge in [-0.05, 0) is 13.0 Å². The summed E-state index contributed by atoms with van der Waals surface area (Å²) in [6.45, 7) is 1.80. The standard InChI is InChI=1S/C12H15N5O2/c1-8(12-14-16-17-15-12)13-11(18)7-9-5-3-4-6-10(9)19-2/h3-6,8H,7H2,1-2H3,(H,13,18)(H,14,15,16,17). The number of amides is 1. The van der Waals surface area contributed by atoms with E-state index in [9.17, 15) is 4.79 Å². The second-order valence-corrected chi connectivity index (χ2v) is 4.05. The smallest absolute Gasteiger partial charge is 0.225 e. The van der Waals surface area contributed by atoms with Crippen LogP contribution in [0.15, 0.2) is 24.3 Å². The molecule has 0 aliphatic rings. The Kier molecular flexibility index (Phi) is 4.07. The van der Waals surface area contributed by atoms with Crippen LogP contribution >= 0.6 is 0 Å². The Balaban J connectivity index is 1.98. The number of carbonyl (C=O) groups is 1. The van der Waals surface area contributed by atoms with Crippen LogP contribution in [0.25, 0.3) is 0 Å². The molecular formula is C12H15N5O2. The van der Waals surface area contributed by atoms with Gasteiger partial charge in [-0.1, -0.05) is 23.4 Å². The van der Waals surface area contributed by atoms with Gasteiger partial charge >= 0.3 is 0 Å². The van der Waals surface area contributed by atoms with Gasteiger partial charge in [0.1, 0.15) is 5.75 Å². The lowest BCUT2D eigenvalue weighted by Gasteiger charge is -2.11. The molecular weight excluding hydrogens is 246 g/mol. The highest BCUT2D eigenvalue weighted by molar-refractivity contribution is 5.79. The molecule has 1 unspecified atom stereocenters. The fourth-order valence-corrected chi connectivity index (χ4v) is 1.73. The molecule has 0 bridgehead atoms. The van der Waals surface area contributed by atoms with Crippen LogP contribution in [-0.4, -0.2) is 33.6 Å². The number of nitrogens with one attached hydrogen (secondary N) is 2. The van der Waals surface area contributed by atoms with E-state index in [4.69, 9.17) is 4.74 Å². The van der Waals surface area contributed by atoms with Crippen LogP contribution in [0.5, 0.6) is 5.75 Å². The van der Waals surface area contributed by atoms with Crippen LogP contribution in [0.3, 0.4) is 0 Å². The van der Waals surface area contributed by atoms with Gasteiger partial charge in [0.05, 0.1) is 19.6 Å². The summed E-state index contributed by atoms with van der Waals surface area (Å²) in [7, 11) is 1.58. The Bertz CT molecular complexity index is 541. The van der Waals surface area contributed by atoms with Gasteiger partial charge in [0.25, 0.3) is 0 Å². The maximum Gasteiger partial charge on any atom is 0.225 e. The van der Waals surface area contributed by atoms with Crippen molar-refractivity contribution in [2.75, 3.05) is 7.11 Å². The maximum atomic E-state index is 11.9. The lowest BCUT2D eigenvalue weighted by Crippen LogP contribution is -2.28. The second-order valence-electron chi connectivity index (χ2n) is 4.05. The number of tetrazole rings is 1. The van der Waals surface area contributed by atoms with Crippen molar-refractivity contribution in [2.45, 2.75) is 19.4 Å². The molecule has 0 saturated carbocycles. The van der Waals surface area contributed by atoms with Gasteiger partial charge in [0, 0.05) is 5.56 Å². The van der Waals surface area contributed by atoms with Gasteiger partial charge in [-0.3, -0.25) is 4.79 Å². The third kappa shape index (κ3) is 3.27. The van der Waals surface area contributed by atoms with E-state index >= 15 is 0 Å². The molecule has 0 spiro atoms. The van der Waals surface area contributed by atoms with Gasteiger partial charge in [0.15, 0.2) is 5.82 Å². The van der Waals surface area contributed by atoms with E-state index in [-0.39, 0.29) is 18.4 Å². The predicted octanol–water partition coefficient (Wildman–Crippen LogP) is 0.628. The summed E-state index contributed by atoms with van der Waals surface area (Å²) in [6, 6.07) is 7.12. The van der Waals surface area contributed by atoms with E-state index in [2.05, 4.69) is 25.9 Å². The molecule has 0 radical (unpaired) electrons. The lowest BCUT2D eigenvalue weighted by molar-refractivity contribution is -0.121. The van der Waals surface area contributed by atoms with Crippen molar-refractivity contribution in [3.63, 3.8) is 0 Å². The fourth-order valence-electron chi connectivity index (χ4n) is 1.73. The summed E-state index contributed by atoms with van der Waals surface area (Å²) >= 11 is 0. The minimum Gasteiger partial charge on any atom is -0.496 e.